The zero-order chi connectivity index (χ0) is 12.4. The van der Waals surface area contributed by atoms with Gasteiger partial charge in [-0.1, -0.05) is 0 Å². The molecule has 2 rings (SSSR count). The molecule has 0 saturated carbocycles. The molecule has 0 bridgehead atoms. The molecule has 1 aromatic rings. The highest BCUT2D eigenvalue weighted by atomic mass is 16.7. The maximum absolute atomic E-state index is 11.4. The highest BCUT2D eigenvalue weighted by Crippen LogP contribution is 2.15. The molecule has 1 saturated heterocycles. The second-order valence-electron chi connectivity index (χ2n) is 3.24. The van der Waals surface area contributed by atoms with Gasteiger partial charge in [0.2, 0.25) is 11.5 Å². The van der Waals surface area contributed by atoms with Crippen molar-refractivity contribution in [1.82, 2.24) is 5.06 Å². The van der Waals surface area contributed by atoms with Gasteiger partial charge in [-0.3, -0.25) is 9.59 Å². The first-order valence-corrected chi connectivity index (χ1v) is 4.70. The minimum atomic E-state index is -0.991. The number of hydrogen-bond donors (Lipinski definition) is 0. The minimum Gasteiger partial charge on any atom is -0.438 e. The van der Waals surface area contributed by atoms with Crippen LogP contribution in [0.5, 0.6) is 0 Å². The highest BCUT2D eigenvalue weighted by Gasteiger charge is 2.33. The Morgan fingerprint density at radius 1 is 1.35 bits per heavy atom. The Bertz CT molecular complexity index is 523. The van der Waals surface area contributed by atoms with Gasteiger partial charge in [-0.25, -0.2) is 4.79 Å². The summed E-state index contributed by atoms with van der Waals surface area (Å²) in [6.45, 7) is 0. The van der Waals surface area contributed by atoms with Gasteiger partial charge in [-0.05, 0) is 12.1 Å². The third-order valence-corrected chi connectivity index (χ3v) is 2.10. The number of nitrogens with zero attached hydrogens (tertiary/aromatic N) is 2. The molecule has 0 unspecified atom stereocenters. The molecule has 1 aliphatic heterocycles. The van der Waals surface area contributed by atoms with Crippen molar-refractivity contribution >= 4 is 17.8 Å². The maximum atomic E-state index is 11.4. The smallest absolute Gasteiger partial charge is 0.399 e. The molecule has 0 spiro atoms. The van der Waals surface area contributed by atoms with E-state index in [4.69, 9.17) is 9.68 Å². The summed E-state index contributed by atoms with van der Waals surface area (Å²) < 4.78 is 4.79. The van der Waals surface area contributed by atoms with E-state index in [0.29, 0.717) is 5.06 Å². The molecule has 2 heterocycles. The third kappa shape index (κ3) is 2.01. The second kappa shape index (κ2) is 4.09. The van der Waals surface area contributed by atoms with Gasteiger partial charge in [-0.15, -0.1) is 5.06 Å². The lowest BCUT2D eigenvalue weighted by Crippen LogP contribution is -2.31. The van der Waals surface area contributed by atoms with Gasteiger partial charge >= 0.3 is 5.97 Å². The van der Waals surface area contributed by atoms with Crippen LogP contribution in [0.4, 0.5) is 0 Å². The lowest BCUT2D eigenvalue weighted by molar-refractivity contribution is -0.173. The third-order valence-electron chi connectivity index (χ3n) is 2.10. The zero-order valence-electron chi connectivity index (χ0n) is 8.50. The molecular formula is C10H6N2O5. The summed E-state index contributed by atoms with van der Waals surface area (Å²) >= 11 is 0. The topological polar surface area (TPSA) is 101 Å². The van der Waals surface area contributed by atoms with Gasteiger partial charge in [0.05, 0.1) is 0 Å². The molecule has 0 atom stereocenters. The van der Waals surface area contributed by atoms with E-state index in [1.54, 1.807) is 6.07 Å². The van der Waals surface area contributed by atoms with Crippen LogP contribution in [0.3, 0.4) is 0 Å². The Morgan fingerprint density at radius 3 is 2.53 bits per heavy atom. The zero-order valence-corrected chi connectivity index (χ0v) is 8.50. The number of carbonyl (C=O) groups is 3. The number of hydroxylamine groups is 2. The quantitative estimate of drug-likeness (QED) is 0.685. The maximum Gasteiger partial charge on any atom is 0.399 e. The van der Waals surface area contributed by atoms with Crippen LogP contribution in [-0.4, -0.2) is 22.8 Å². The average molecular weight is 234 g/mol. The predicted molar refractivity (Wildman–Crippen MR) is 49.9 cm³/mol. The number of furan rings is 1. The fourth-order valence-corrected chi connectivity index (χ4v) is 1.29. The average Bonchev–Trinajstić information content (AvgIpc) is 2.90. The predicted octanol–water partition coefficient (Wildman–Crippen LogP) is 0.372. The summed E-state index contributed by atoms with van der Waals surface area (Å²) in [5.41, 5.74) is 0. The molecule has 0 aliphatic carbocycles. The molecule has 86 valence electrons. The van der Waals surface area contributed by atoms with Crippen molar-refractivity contribution in [2.24, 2.45) is 0 Å². The Morgan fingerprint density at radius 2 is 2.00 bits per heavy atom. The van der Waals surface area contributed by atoms with Crippen molar-refractivity contribution in [2.45, 2.75) is 12.8 Å². The Labute approximate surface area is 95.1 Å². The first-order chi connectivity index (χ1) is 8.11. The van der Waals surface area contributed by atoms with Gasteiger partial charge in [-0.2, -0.15) is 5.26 Å². The van der Waals surface area contributed by atoms with Crippen molar-refractivity contribution in [3.05, 3.63) is 23.7 Å². The largest absolute Gasteiger partial charge is 0.438 e. The summed E-state index contributed by atoms with van der Waals surface area (Å²) in [5.74, 6) is -2.44. The van der Waals surface area contributed by atoms with Crippen LogP contribution in [0.1, 0.15) is 29.2 Å². The lowest BCUT2D eigenvalue weighted by Gasteiger charge is -2.10. The van der Waals surface area contributed by atoms with E-state index in [1.807, 2.05) is 0 Å². The molecular weight excluding hydrogens is 228 g/mol. The number of imide groups is 1. The van der Waals surface area contributed by atoms with E-state index in [9.17, 15) is 14.4 Å². The highest BCUT2D eigenvalue weighted by molar-refractivity contribution is 6.02. The fraction of sp³-hybridized carbons (Fsp3) is 0.200. The number of hydrogen-bond acceptors (Lipinski definition) is 6. The van der Waals surface area contributed by atoms with Crippen LogP contribution in [-0.2, 0) is 14.4 Å². The molecule has 0 aromatic carbocycles. The Kier molecular flexibility index (Phi) is 2.62. The minimum absolute atomic E-state index is 0.0215. The number of amides is 2. The van der Waals surface area contributed by atoms with Gasteiger partial charge in [0.25, 0.3) is 11.8 Å². The van der Waals surface area contributed by atoms with Crippen LogP contribution in [0.15, 0.2) is 16.5 Å². The normalized spacial score (nSPS) is 14.9. The van der Waals surface area contributed by atoms with Crippen LogP contribution < -0.4 is 0 Å². The van der Waals surface area contributed by atoms with Crippen molar-refractivity contribution in [3.8, 4) is 6.07 Å². The van der Waals surface area contributed by atoms with Gasteiger partial charge in [0, 0.05) is 12.8 Å². The molecule has 0 radical (unpaired) electrons. The first-order valence-electron chi connectivity index (χ1n) is 4.70. The van der Waals surface area contributed by atoms with E-state index in [1.165, 1.54) is 12.1 Å². The molecule has 1 fully saturated rings. The van der Waals surface area contributed by atoms with Gasteiger partial charge < -0.3 is 9.25 Å². The van der Waals surface area contributed by atoms with Crippen molar-refractivity contribution in [3.63, 3.8) is 0 Å². The van der Waals surface area contributed by atoms with Crippen molar-refractivity contribution in [1.29, 1.82) is 5.26 Å². The fourth-order valence-electron chi connectivity index (χ4n) is 1.29. The van der Waals surface area contributed by atoms with E-state index >= 15 is 0 Å². The molecule has 7 nitrogen and oxygen atoms in total. The number of carbonyl (C=O) groups excluding carboxylic acids is 3. The molecule has 1 aliphatic rings. The van der Waals surface area contributed by atoms with E-state index < -0.39 is 17.8 Å². The van der Waals surface area contributed by atoms with Crippen LogP contribution in [0.25, 0.3) is 0 Å². The Hall–Kier alpha value is -2.62. The lowest BCUT2D eigenvalue weighted by atomic mass is 10.4. The number of rotatable bonds is 2. The first kappa shape index (κ1) is 10.9. The molecule has 2 amide bonds. The molecule has 7 heteroatoms. The second-order valence-corrected chi connectivity index (χ2v) is 3.24. The number of nitriles is 1. The van der Waals surface area contributed by atoms with Gasteiger partial charge in [0.15, 0.2) is 0 Å². The monoisotopic (exact) mass is 234 g/mol. The standard InChI is InChI=1S/C10H6N2O5/c11-5-6-1-2-7(16-6)10(15)17-12-8(13)3-4-9(12)14/h1-2H,3-4H2. The molecule has 17 heavy (non-hydrogen) atoms. The van der Waals surface area contributed by atoms with E-state index in [2.05, 4.69) is 4.84 Å². The van der Waals surface area contributed by atoms with Crippen LogP contribution in [0, 0.1) is 11.3 Å². The van der Waals surface area contributed by atoms with E-state index in [-0.39, 0.29) is 24.4 Å². The van der Waals surface area contributed by atoms with E-state index in [0.717, 1.165) is 0 Å². The van der Waals surface area contributed by atoms with Crippen LogP contribution >= 0.6 is 0 Å². The Balaban J connectivity index is 2.09. The van der Waals surface area contributed by atoms with Crippen molar-refractivity contribution in [2.75, 3.05) is 0 Å². The van der Waals surface area contributed by atoms with Crippen LogP contribution in [0.2, 0.25) is 0 Å². The summed E-state index contributed by atoms with van der Waals surface area (Å²) in [6, 6.07) is 4.20. The van der Waals surface area contributed by atoms with Crippen molar-refractivity contribution < 1.29 is 23.6 Å². The summed E-state index contributed by atoms with van der Waals surface area (Å²) in [6.07, 6.45) is 0.0431. The summed E-state index contributed by atoms with van der Waals surface area (Å²) in [4.78, 5) is 38.3. The molecule has 0 N–H and O–H groups in total. The summed E-state index contributed by atoms with van der Waals surface area (Å²) in [7, 11) is 0. The SMILES string of the molecule is N#Cc1ccc(C(=O)ON2C(=O)CCC2=O)o1. The molecule has 1 aromatic heterocycles. The van der Waals surface area contributed by atoms with Gasteiger partial charge in [0.1, 0.15) is 6.07 Å². The summed E-state index contributed by atoms with van der Waals surface area (Å²) in [5, 5.41) is 8.90.